The molecule has 2 nitrogen and oxygen atoms in total. The molecule has 2 N–H and O–H groups in total. The SMILES string of the molecule is CN(CC(C(N)=S)C(F)(F)F)C1CCSC1. The molecule has 0 spiro atoms. The lowest BCUT2D eigenvalue weighted by Gasteiger charge is -2.29. The van der Waals surface area contributed by atoms with Gasteiger partial charge >= 0.3 is 6.18 Å². The second-order valence-corrected chi connectivity index (χ2v) is 5.57. The van der Waals surface area contributed by atoms with Crippen molar-refractivity contribution in [2.24, 2.45) is 11.7 Å². The third kappa shape index (κ3) is 3.78. The topological polar surface area (TPSA) is 29.3 Å². The molecule has 1 aliphatic rings. The maximum absolute atomic E-state index is 12.6. The highest BCUT2D eigenvalue weighted by Gasteiger charge is 2.42. The summed E-state index contributed by atoms with van der Waals surface area (Å²) in [6, 6.07) is 0.212. The van der Waals surface area contributed by atoms with E-state index in [2.05, 4.69) is 12.2 Å². The molecule has 0 aromatic rings. The lowest BCUT2D eigenvalue weighted by molar-refractivity contribution is -0.159. The maximum atomic E-state index is 12.6. The van der Waals surface area contributed by atoms with E-state index in [1.807, 2.05) is 0 Å². The number of alkyl halides is 3. The molecule has 0 radical (unpaired) electrons. The first-order chi connectivity index (χ1) is 7.32. The summed E-state index contributed by atoms with van der Waals surface area (Å²) >= 11 is 6.25. The minimum Gasteiger partial charge on any atom is -0.393 e. The zero-order valence-electron chi connectivity index (χ0n) is 8.96. The molecule has 1 saturated heterocycles. The number of thiocarbonyl (C=S) groups is 1. The van der Waals surface area contributed by atoms with E-state index in [-0.39, 0.29) is 12.6 Å². The number of nitrogens with two attached hydrogens (primary N) is 1. The van der Waals surface area contributed by atoms with E-state index in [0.717, 1.165) is 17.9 Å². The Kier molecular flexibility index (Phi) is 4.88. The predicted octanol–water partition coefficient (Wildman–Crippen LogP) is 1.89. The van der Waals surface area contributed by atoms with Crippen LogP contribution in [0, 0.1) is 5.92 Å². The van der Waals surface area contributed by atoms with Gasteiger partial charge in [-0.05, 0) is 19.2 Å². The van der Waals surface area contributed by atoms with Gasteiger partial charge in [0.2, 0.25) is 0 Å². The van der Waals surface area contributed by atoms with Gasteiger partial charge in [0.05, 0.1) is 4.99 Å². The molecule has 0 saturated carbocycles. The molecule has 94 valence electrons. The smallest absolute Gasteiger partial charge is 0.393 e. The van der Waals surface area contributed by atoms with E-state index < -0.39 is 17.1 Å². The van der Waals surface area contributed by atoms with E-state index in [4.69, 9.17) is 5.73 Å². The van der Waals surface area contributed by atoms with Gasteiger partial charge in [-0.1, -0.05) is 12.2 Å². The average molecular weight is 272 g/mol. The van der Waals surface area contributed by atoms with Gasteiger partial charge in [0, 0.05) is 18.3 Å². The second-order valence-electron chi connectivity index (χ2n) is 3.95. The molecule has 2 atom stereocenters. The first-order valence-electron chi connectivity index (χ1n) is 4.96. The monoisotopic (exact) mass is 272 g/mol. The third-order valence-electron chi connectivity index (χ3n) is 2.74. The summed E-state index contributed by atoms with van der Waals surface area (Å²) in [6.45, 7) is -0.135. The molecule has 1 aliphatic heterocycles. The van der Waals surface area contributed by atoms with Crippen molar-refractivity contribution in [1.82, 2.24) is 4.90 Å². The molecule has 0 amide bonds. The maximum Gasteiger partial charge on any atom is 0.399 e. The Bertz CT molecular complexity index is 252. The van der Waals surface area contributed by atoms with Crippen LogP contribution in [0.15, 0.2) is 0 Å². The third-order valence-corrected chi connectivity index (χ3v) is 4.17. The normalized spacial score (nSPS) is 23.7. The Morgan fingerprint density at radius 3 is 2.62 bits per heavy atom. The zero-order chi connectivity index (χ0) is 12.3. The van der Waals surface area contributed by atoms with Crippen LogP contribution < -0.4 is 5.73 Å². The van der Waals surface area contributed by atoms with Crippen LogP contribution in [0.3, 0.4) is 0 Å². The van der Waals surface area contributed by atoms with Crippen LogP contribution >= 0.6 is 24.0 Å². The molecule has 1 fully saturated rings. The number of hydrogen-bond donors (Lipinski definition) is 1. The van der Waals surface area contributed by atoms with Crippen LogP contribution in [0.5, 0.6) is 0 Å². The first kappa shape index (κ1) is 14.1. The molecule has 0 aromatic heterocycles. The van der Waals surface area contributed by atoms with Gasteiger partial charge in [-0.3, -0.25) is 0 Å². The van der Waals surface area contributed by atoms with Gasteiger partial charge in [0.25, 0.3) is 0 Å². The van der Waals surface area contributed by atoms with Crippen LogP contribution in [0.25, 0.3) is 0 Å². The predicted molar refractivity (Wildman–Crippen MR) is 64.7 cm³/mol. The number of rotatable bonds is 4. The summed E-state index contributed by atoms with van der Waals surface area (Å²) in [5.41, 5.74) is 5.15. The molecule has 1 rings (SSSR count). The molecule has 16 heavy (non-hydrogen) atoms. The number of thioether (sulfide) groups is 1. The van der Waals surface area contributed by atoms with Crippen molar-refractivity contribution < 1.29 is 13.2 Å². The van der Waals surface area contributed by atoms with Crippen molar-refractivity contribution >= 4 is 29.0 Å². The fourth-order valence-corrected chi connectivity index (χ4v) is 3.17. The van der Waals surface area contributed by atoms with Gasteiger partial charge in [-0.15, -0.1) is 0 Å². The van der Waals surface area contributed by atoms with E-state index in [1.165, 1.54) is 0 Å². The zero-order valence-corrected chi connectivity index (χ0v) is 10.6. The van der Waals surface area contributed by atoms with Crippen LogP contribution in [-0.2, 0) is 0 Å². The van der Waals surface area contributed by atoms with Gasteiger partial charge in [-0.25, -0.2) is 0 Å². The van der Waals surface area contributed by atoms with E-state index in [0.29, 0.717) is 0 Å². The minimum absolute atomic E-state index is 0.135. The highest BCUT2D eigenvalue weighted by Crippen LogP contribution is 2.29. The van der Waals surface area contributed by atoms with Crippen molar-refractivity contribution in [3.8, 4) is 0 Å². The Hall–Kier alpha value is -0.0100. The summed E-state index contributed by atoms with van der Waals surface area (Å²) in [5, 5.41) is 0. The van der Waals surface area contributed by atoms with Gasteiger partial charge in [-0.2, -0.15) is 24.9 Å². The summed E-state index contributed by atoms with van der Waals surface area (Å²) in [4.78, 5) is 1.25. The van der Waals surface area contributed by atoms with E-state index in [1.54, 1.807) is 23.7 Å². The van der Waals surface area contributed by atoms with E-state index in [9.17, 15) is 13.2 Å². The Morgan fingerprint density at radius 1 is 1.62 bits per heavy atom. The van der Waals surface area contributed by atoms with Crippen molar-refractivity contribution in [3.63, 3.8) is 0 Å². The molecule has 0 aliphatic carbocycles. The first-order valence-corrected chi connectivity index (χ1v) is 6.52. The molecule has 2 unspecified atom stereocenters. The molecular weight excluding hydrogens is 257 g/mol. The fourth-order valence-electron chi connectivity index (χ4n) is 1.66. The summed E-state index contributed by atoms with van der Waals surface area (Å²) < 4.78 is 37.9. The number of halogens is 3. The molecular formula is C9H15F3N2S2. The van der Waals surface area contributed by atoms with Gasteiger partial charge < -0.3 is 10.6 Å². The summed E-state index contributed by atoms with van der Waals surface area (Å²) in [6.07, 6.45) is -3.41. The Morgan fingerprint density at radius 2 is 2.25 bits per heavy atom. The van der Waals surface area contributed by atoms with Crippen molar-refractivity contribution in [1.29, 1.82) is 0 Å². The highest BCUT2D eigenvalue weighted by molar-refractivity contribution is 7.99. The molecule has 0 aromatic carbocycles. The molecule has 1 heterocycles. The Labute approximate surface area is 103 Å². The fraction of sp³-hybridized carbons (Fsp3) is 0.889. The highest BCUT2D eigenvalue weighted by atomic mass is 32.2. The van der Waals surface area contributed by atoms with Gasteiger partial charge in [0.1, 0.15) is 5.92 Å². The van der Waals surface area contributed by atoms with E-state index >= 15 is 0 Å². The van der Waals surface area contributed by atoms with Crippen molar-refractivity contribution in [2.45, 2.75) is 18.6 Å². The van der Waals surface area contributed by atoms with Crippen LogP contribution in [-0.4, -0.2) is 47.2 Å². The number of hydrogen-bond acceptors (Lipinski definition) is 3. The Balaban J connectivity index is 2.57. The quantitative estimate of drug-likeness (QED) is 0.791. The van der Waals surface area contributed by atoms with Crippen molar-refractivity contribution in [2.75, 3.05) is 25.1 Å². The van der Waals surface area contributed by atoms with Crippen LogP contribution in [0.2, 0.25) is 0 Å². The molecule has 0 bridgehead atoms. The van der Waals surface area contributed by atoms with Crippen LogP contribution in [0.4, 0.5) is 13.2 Å². The average Bonchev–Trinajstić information content (AvgIpc) is 2.63. The standard InChI is InChI=1S/C9H15F3N2S2/c1-14(6-2-3-16-5-6)4-7(8(13)15)9(10,11)12/h6-7H,2-5H2,1H3,(H2,13,15). The molecule has 7 heteroatoms. The lowest BCUT2D eigenvalue weighted by atomic mass is 10.1. The van der Waals surface area contributed by atoms with Gasteiger partial charge in [0.15, 0.2) is 0 Å². The number of nitrogens with zero attached hydrogens (tertiary/aromatic N) is 1. The largest absolute Gasteiger partial charge is 0.399 e. The van der Waals surface area contributed by atoms with Crippen LogP contribution in [0.1, 0.15) is 6.42 Å². The second kappa shape index (κ2) is 5.55. The summed E-state index contributed by atoms with van der Waals surface area (Å²) in [5.74, 6) is 0.204. The lowest BCUT2D eigenvalue weighted by Crippen LogP contribution is -2.45. The minimum atomic E-state index is -4.34. The van der Waals surface area contributed by atoms with Crippen molar-refractivity contribution in [3.05, 3.63) is 0 Å². The summed E-state index contributed by atoms with van der Waals surface area (Å²) in [7, 11) is 1.70.